The smallest absolute Gasteiger partial charge is 0.321 e. The summed E-state index contributed by atoms with van der Waals surface area (Å²) in [5.41, 5.74) is -15.5. The molecule has 274 valence electrons. The molecule has 0 aromatic heterocycles. The van der Waals surface area contributed by atoms with Crippen LogP contribution in [0.25, 0.3) is 0 Å². The molecule has 0 bridgehead atoms. The Bertz CT molecular complexity index is 2110. The van der Waals surface area contributed by atoms with Crippen LogP contribution in [0.2, 0.25) is 0 Å². The van der Waals surface area contributed by atoms with Gasteiger partial charge in [-0.2, -0.15) is 51.8 Å². The fraction of sp³-hybridized carbons (Fsp3) is 0.0667. The molecule has 0 aliphatic carbocycles. The minimum Gasteiger partial charge on any atom is -0.321 e. The molecule has 0 aliphatic heterocycles. The first-order chi connectivity index (χ1) is 24.1. The molecule has 0 radical (unpaired) electrons. The average molecular weight is 900 g/mol. The van der Waals surface area contributed by atoms with Gasteiger partial charge in [-0.1, -0.05) is 24.3 Å². The molecule has 12 nitrogen and oxygen atoms in total. The standard InChI is InChI=1S/C30H18Br2F6N4O8S2/c31-21-5-1-3-7-23(21)39-25(43)17-9-13-19(14-10-17)41(51(47,48)29(33,34)35)27(45)28(46)42(52(49,50)30(36,37)38)20-15-11-18(12-16-20)26(44)40-24-8-4-2-6-22(24)32/h1-16H,(H,39,43)(H,40,44). The molecule has 0 fully saturated rings. The molecule has 52 heavy (non-hydrogen) atoms. The summed E-state index contributed by atoms with van der Waals surface area (Å²) in [5.74, 6) is -7.60. The van der Waals surface area contributed by atoms with E-state index in [9.17, 15) is 62.4 Å². The van der Waals surface area contributed by atoms with Crippen LogP contribution in [0, 0.1) is 0 Å². The van der Waals surface area contributed by atoms with E-state index in [0.29, 0.717) is 33.2 Å². The summed E-state index contributed by atoms with van der Waals surface area (Å²) in [4.78, 5) is 52.0. The van der Waals surface area contributed by atoms with E-state index in [1.807, 2.05) is 0 Å². The van der Waals surface area contributed by atoms with E-state index < -0.39 is 74.7 Å². The van der Waals surface area contributed by atoms with Crippen molar-refractivity contribution in [1.29, 1.82) is 0 Å². The van der Waals surface area contributed by atoms with Crippen molar-refractivity contribution < 1.29 is 62.4 Å². The first kappa shape index (κ1) is 40.0. The zero-order valence-electron chi connectivity index (χ0n) is 25.2. The van der Waals surface area contributed by atoms with Gasteiger partial charge in [0.1, 0.15) is 0 Å². The summed E-state index contributed by atoms with van der Waals surface area (Å²) < 4.78 is 132. The van der Waals surface area contributed by atoms with Gasteiger partial charge >= 0.3 is 42.9 Å². The van der Waals surface area contributed by atoms with E-state index in [2.05, 4.69) is 42.5 Å². The lowest BCUT2D eigenvalue weighted by Crippen LogP contribution is -2.54. The number of anilines is 4. The van der Waals surface area contributed by atoms with Crippen molar-refractivity contribution in [2.75, 3.05) is 19.2 Å². The summed E-state index contributed by atoms with van der Waals surface area (Å²) in [6.07, 6.45) is 0. The monoisotopic (exact) mass is 898 g/mol. The Kier molecular flexibility index (Phi) is 11.6. The largest absolute Gasteiger partial charge is 0.517 e. The van der Waals surface area contributed by atoms with Crippen LogP contribution in [-0.2, 0) is 29.6 Å². The van der Waals surface area contributed by atoms with Crippen molar-refractivity contribution in [2.24, 2.45) is 0 Å². The van der Waals surface area contributed by atoms with Crippen LogP contribution in [0.5, 0.6) is 0 Å². The van der Waals surface area contributed by atoms with Crippen LogP contribution < -0.4 is 19.2 Å². The first-order valence-corrected chi connectivity index (χ1v) is 18.2. The lowest BCUT2D eigenvalue weighted by atomic mass is 10.1. The van der Waals surface area contributed by atoms with Gasteiger partial charge in [0.2, 0.25) is 0 Å². The number of benzene rings is 4. The quantitative estimate of drug-likeness (QED) is 0.144. The maximum Gasteiger partial charge on any atom is 0.517 e. The molecule has 0 aliphatic rings. The predicted molar refractivity (Wildman–Crippen MR) is 182 cm³/mol. The summed E-state index contributed by atoms with van der Waals surface area (Å²) in [5, 5.41) is 4.87. The normalized spacial score (nSPS) is 12.1. The number of alkyl halides is 6. The third-order valence-electron chi connectivity index (χ3n) is 6.59. The number of hydrogen-bond acceptors (Lipinski definition) is 8. The van der Waals surface area contributed by atoms with E-state index in [1.165, 1.54) is 12.1 Å². The molecule has 0 atom stereocenters. The summed E-state index contributed by atoms with van der Waals surface area (Å²) in [6, 6.07) is 17.0. The van der Waals surface area contributed by atoms with Crippen molar-refractivity contribution in [2.45, 2.75) is 11.0 Å². The molecule has 0 unspecified atom stereocenters. The van der Waals surface area contributed by atoms with Crippen molar-refractivity contribution in [3.8, 4) is 0 Å². The lowest BCUT2D eigenvalue weighted by molar-refractivity contribution is -0.135. The fourth-order valence-corrected chi connectivity index (χ4v) is 6.69. The van der Waals surface area contributed by atoms with Crippen molar-refractivity contribution in [3.63, 3.8) is 0 Å². The summed E-state index contributed by atoms with van der Waals surface area (Å²) >= 11 is 6.35. The third-order valence-corrected chi connectivity index (χ3v) is 10.9. The second kappa shape index (κ2) is 15.0. The van der Waals surface area contributed by atoms with E-state index >= 15 is 0 Å². The van der Waals surface area contributed by atoms with Crippen LogP contribution in [0.1, 0.15) is 20.7 Å². The number of carbonyl (C=O) groups is 4. The number of nitrogens with one attached hydrogen (secondary N) is 2. The maximum atomic E-state index is 13.8. The van der Waals surface area contributed by atoms with E-state index in [-0.39, 0.29) is 22.5 Å². The molecule has 4 aromatic rings. The van der Waals surface area contributed by atoms with Gasteiger partial charge in [0.05, 0.1) is 22.7 Å². The Morgan fingerprint density at radius 3 is 1.06 bits per heavy atom. The Morgan fingerprint density at radius 2 is 0.788 bits per heavy atom. The number of sulfonamides is 2. The van der Waals surface area contributed by atoms with E-state index in [4.69, 9.17) is 0 Å². The van der Waals surface area contributed by atoms with Gasteiger partial charge in [0.15, 0.2) is 0 Å². The van der Waals surface area contributed by atoms with Crippen molar-refractivity contribution >= 4 is 98.3 Å². The van der Waals surface area contributed by atoms with Gasteiger partial charge in [-0.25, -0.2) is 0 Å². The first-order valence-electron chi connectivity index (χ1n) is 13.7. The zero-order chi connectivity index (χ0) is 38.8. The van der Waals surface area contributed by atoms with Crippen LogP contribution in [0.4, 0.5) is 49.1 Å². The van der Waals surface area contributed by atoms with Crippen LogP contribution in [0.3, 0.4) is 0 Å². The number of hydrogen-bond donors (Lipinski definition) is 2. The van der Waals surface area contributed by atoms with Crippen molar-refractivity contribution in [3.05, 3.63) is 117 Å². The third kappa shape index (κ3) is 8.29. The molecule has 4 rings (SSSR count). The molecular weight excluding hydrogens is 882 g/mol. The maximum absolute atomic E-state index is 13.8. The SMILES string of the molecule is O=C(Nc1ccccc1Br)c1ccc(N(C(=O)C(=O)N(c2ccc(C(=O)Nc3ccccc3Br)cc2)S(=O)(=O)C(F)(F)F)S(=O)(=O)C(F)(F)F)cc1. The molecule has 4 aromatic carbocycles. The molecule has 2 N–H and O–H groups in total. The van der Waals surface area contributed by atoms with Crippen LogP contribution in [-0.4, -0.2) is 51.5 Å². The molecule has 0 spiro atoms. The second-order valence-electron chi connectivity index (χ2n) is 10.0. The number of rotatable bonds is 8. The van der Waals surface area contributed by atoms with Gasteiger partial charge in [0, 0.05) is 20.1 Å². The molecule has 0 saturated heterocycles. The number of carbonyl (C=O) groups excluding carboxylic acids is 4. The molecule has 22 heteroatoms. The van der Waals surface area contributed by atoms with Crippen LogP contribution in [0.15, 0.2) is 106 Å². The average Bonchev–Trinajstić information content (AvgIpc) is 3.06. The Morgan fingerprint density at radius 1 is 0.500 bits per heavy atom. The minimum absolute atomic E-state index is 0.238. The van der Waals surface area contributed by atoms with Crippen molar-refractivity contribution in [1.82, 2.24) is 0 Å². The Hall–Kier alpha value is -4.80. The summed E-state index contributed by atoms with van der Waals surface area (Å²) in [7, 11) is -13.9. The Balaban J connectivity index is 1.75. The topological polar surface area (TPSA) is 167 Å². The van der Waals surface area contributed by atoms with Gasteiger partial charge in [0.25, 0.3) is 11.8 Å². The highest BCUT2D eigenvalue weighted by atomic mass is 79.9. The van der Waals surface area contributed by atoms with Gasteiger partial charge in [-0.15, -0.1) is 0 Å². The molecule has 0 saturated carbocycles. The highest BCUT2D eigenvalue weighted by molar-refractivity contribution is 9.11. The minimum atomic E-state index is -6.97. The predicted octanol–water partition coefficient (Wildman–Crippen LogP) is 6.78. The number of nitrogens with zero attached hydrogens (tertiary/aromatic N) is 2. The van der Waals surface area contributed by atoms with Gasteiger partial charge < -0.3 is 10.6 Å². The van der Waals surface area contributed by atoms with E-state index in [1.54, 1.807) is 36.4 Å². The number of halogens is 8. The molecule has 4 amide bonds. The second-order valence-corrected chi connectivity index (χ2v) is 15.3. The van der Waals surface area contributed by atoms with Gasteiger partial charge in [-0.05, 0) is 105 Å². The van der Waals surface area contributed by atoms with Gasteiger partial charge in [-0.3, -0.25) is 19.2 Å². The highest BCUT2D eigenvalue weighted by Crippen LogP contribution is 2.35. The summed E-state index contributed by atoms with van der Waals surface area (Å²) in [6.45, 7) is 0. The zero-order valence-corrected chi connectivity index (χ0v) is 30.0. The number of para-hydroxylation sites is 2. The fourth-order valence-electron chi connectivity index (χ4n) is 4.12. The Labute approximate surface area is 306 Å². The highest BCUT2D eigenvalue weighted by Gasteiger charge is 2.58. The molecule has 0 heterocycles. The molecular formula is C30H18Br2F6N4O8S2. The lowest BCUT2D eigenvalue weighted by Gasteiger charge is -2.27. The van der Waals surface area contributed by atoms with Crippen LogP contribution >= 0.6 is 31.9 Å². The van der Waals surface area contributed by atoms with E-state index in [0.717, 1.165) is 24.3 Å². The number of amides is 4.